The van der Waals surface area contributed by atoms with E-state index in [4.69, 9.17) is 4.42 Å². The summed E-state index contributed by atoms with van der Waals surface area (Å²) >= 11 is 0. The van der Waals surface area contributed by atoms with Crippen LogP contribution in [0.1, 0.15) is 30.2 Å². The highest BCUT2D eigenvalue weighted by Crippen LogP contribution is 2.33. The SMILES string of the molecule is Cc1ccc(NC(C)CCc2ccco2)cc1C(F)(F)F. The minimum atomic E-state index is -4.32. The van der Waals surface area contributed by atoms with E-state index in [0.29, 0.717) is 5.69 Å². The minimum absolute atomic E-state index is 0.0545. The van der Waals surface area contributed by atoms with E-state index >= 15 is 0 Å². The maximum absolute atomic E-state index is 12.9. The van der Waals surface area contributed by atoms with Crippen LogP contribution in [0.5, 0.6) is 0 Å². The van der Waals surface area contributed by atoms with Gasteiger partial charge in [-0.05, 0) is 50.1 Å². The average molecular weight is 297 g/mol. The largest absolute Gasteiger partial charge is 0.469 e. The number of aryl methyl sites for hydroxylation is 2. The Kier molecular flexibility index (Phi) is 4.60. The summed E-state index contributed by atoms with van der Waals surface area (Å²) in [7, 11) is 0. The van der Waals surface area contributed by atoms with Gasteiger partial charge in [0, 0.05) is 18.2 Å². The fourth-order valence-corrected chi connectivity index (χ4v) is 2.19. The van der Waals surface area contributed by atoms with Gasteiger partial charge in [-0.25, -0.2) is 0 Å². The molecule has 114 valence electrons. The maximum atomic E-state index is 12.9. The van der Waals surface area contributed by atoms with Gasteiger partial charge in [0.1, 0.15) is 5.76 Å². The quantitative estimate of drug-likeness (QED) is 0.836. The molecule has 0 spiro atoms. The first kappa shape index (κ1) is 15.5. The van der Waals surface area contributed by atoms with Gasteiger partial charge in [-0.3, -0.25) is 0 Å². The van der Waals surface area contributed by atoms with Crippen LogP contribution in [-0.4, -0.2) is 6.04 Å². The second kappa shape index (κ2) is 6.24. The van der Waals surface area contributed by atoms with Gasteiger partial charge >= 0.3 is 6.18 Å². The summed E-state index contributed by atoms with van der Waals surface area (Å²) in [4.78, 5) is 0. The van der Waals surface area contributed by atoms with E-state index in [2.05, 4.69) is 5.32 Å². The van der Waals surface area contributed by atoms with Gasteiger partial charge in [-0.15, -0.1) is 0 Å². The monoisotopic (exact) mass is 297 g/mol. The number of hydrogen-bond acceptors (Lipinski definition) is 2. The number of alkyl halides is 3. The van der Waals surface area contributed by atoms with Crippen molar-refractivity contribution in [2.24, 2.45) is 0 Å². The van der Waals surface area contributed by atoms with Crippen LogP contribution in [0.4, 0.5) is 18.9 Å². The van der Waals surface area contributed by atoms with Crippen molar-refractivity contribution in [1.29, 1.82) is 0 Å². The summed E-state index contributed by atoms with van der Waals surface area (Å²) in [6.45, 7) is 3.41. The molecule has 2 aromatic rings. The Morgan fingerprint density at radius 3 is 2.62 bits per heavy atom. The third-order valence-electron chi connectivity index (χ3n) is 3.36. The first-order chi connectivity index (χ1) is 9.86. The molecule has 0 aliphatic heterocycles. The second-order valence-corrected chi connectivity index (χ2v) is 5.19. The minimum Gasteiger partial charge on any atom is -0.469 e. The van der Waals surface area contributed by atoms with Crippen LogP contribution in [0.25, 0.3) is 0 Å². The molecule has 0 aliphatic rings. The van der Waals surface area contributed by atoms with Crippen molar-refractivity contribution < 1.29 is 17.6 Å². The molecular weight excluding hydrogens is 279 g/mol. The normalized spacial score (nSPS) is 13.2. The van der Waals surface area contributed by atoms with Gasteiger partial charge in [0.05, 0.1) is 11.8 Å². The van der Waals surface area contributed by atoms with Crippen molar-refractivity contribution in [3.8, 4) is 0 Å². The third kappa shape index (κ3) is 4.28. The van der Waals surface area contributed by atoms with E-state index in [-0.39, 0.29) is 11.6 Å². The van der Waals surface area contributed by atoms with Crippen molar-refractivity contribution in [2.75, 3.05) is 5.32 Å². The van der Waals surface area contributed by atoms with Crippen molar-refractivity contribution in [2.45, 2.75) is 38.9 Å². The van der Waals surface area contributed by atoms with E-state index in [1.807, 2.05) is 19.1 Å². The fraction of sp³-hybridized carbons (Fsp3) is 0.375. The lowest BCUT2D eigenvalue weighted by Crippen LogP contribution is -2.17. The predicted octanol–water partition coefficient (Wildman–Crippen LogP) is 5.04. The highest BCUT2D eigenvalue weighted by molar-refractivity contribution is 5.50. The van der Waals surface area contributed by atoms with E-state index < -0.39 is 11.7 Å². The van der Waals surface area contributed by atoms with Gasteiger partial charge in [-0.2, -0.15) is 13.2 Å². The highest BCUT2D eigenvalue weighted by Gasteiger charge is 2.32. The molecule has 0 bridgehead atoms. The van der Waals surface area contributed by atoms with Gasteiger partial charge in [0.2, 0.25) is 0 Å². The van der Waals surface area contributed by atoms with Crippen LogP contribution < -0.4 is 5.32 Å². The lowest BCUT2D eigenvalue weighted by Gasteiger charge is -2.17. The molecule has 1 heterocycles. The Morgan fingerprint density at radius 2 is 2.00 bits per heavy atom. The Labute approximate surface area is 122 Å². The summed E-state index contributed by atoms with van der Waals surface area (Å²) in [5.74, 6) is 0.878. The standard InChI is InChI=1S/C16H18F3NO/c1-11-5-7-13(10-15(11)16(17,18)19)20-12(2)6-8-14-4-3-9-21-14/h3-5,7,9-10,12,20H,6,8H2,1-2H3. The van der Waals surface area contributed by atoms with Gasteiger partial charge in [0.25, 0.3) is 0 Å². The smallest absolute Gasteiger partial charge is 0.416 e. The number of halogens is 3. The van der Waals surface area contributed by atoms with Crippen LogP contribution >= 0.6 is 0 Å². The zero-order valence-corrected chi connectivity index (χ0v) is 12.0. The third-order valence-corrected chi connectivity index (χ3v) is 3.36. The Morgan fingerprint density at radius 1 is 1.24 bits per heavy atom. The number of rotatable bonds is 5. The molecule has 1 atom stereocenters. The lowest BCUT2D eigenvalue weighted by atomic mass is 10.1. The molecule has 1 N–H and O–H groups in total. The number of furan rings is 1. The van der Waals surface area contributed by atoms with Gasteiger partial charge in [-0.1, -0.05) is 6.07 Å². The van der Waals surface area contributed by atoms with Gasteiger partial charge in [0.15, 0.2) is 0 Å². The first-order valence-corrected chi connectivity index (χ1v) is 6.83. The number of nitrogens with one attached hydrogen (secondary N) is 1. The van der Waals surface area contributed by atoms with Crippen molar-refractivity contribution in [3.05, 3.63) is 53.5 Å². The van der Waals surface area contributed by atoms with Crippen LogP contribution in [0.15, 0.2) is 41.0 Å². The molecule has 5 heteroatoms. The molecule has 0 radical (unpaired) electrons. The summed E-state index contributed by atoms with van der Waals surface area (Å²) in [6.07, 6.45) is -1.18. The first-order valence-electron chi connectivity index (χ1n) is 6.83. The Bertz CT molecular complexity index is 576. The van der Waals surface area contributed by atoms with E-state index in [0.717, 1.165) is 18.6 Å². The maximum Gasteiger partial charge on any atom is 0.416 e. The summed E-state index contributed by atoms with van der Waals surface area (Å²) < 4.78 is 43.8. The van der Waals surface area contributed by atoms with Crippen LogP contribution in [-0.2, 0) is 12.6 Å². The highest BCUT2D eigenvalue weighted by atomic mass is 19.4. The molecule has 1 unspecified atom stereocenters. The Balaban J connectivity index is 1.99. The predicted molar refractivity (Wildman–Crippen MR) is 76.3 cm³/mol. The summed E-state index contributed by atoms with van der Waals surface area (Å²) in [6, 6.07) is 8.10. The molecule has 0 aliphatic carbocycles. The molecule has 0 saturated carbocycles. The van der Waals surface area contributed by atoms with E-state index in [1.54, 1.807) is 12.3 Å². The molecular formula is C16H18F3NO. The topological polar surface area (TPSA) is 25.2 Å². The Hall–Kier alpha value is -1.91. The van der Waals surface area contributed by atoms with Gasteiger partial charge < -0.3 is 9.73 Å². The lowest BCUT2D eigenvalue weighted by molar-refractivity contribution is -0.138. The van der Waals surface area contributed by atoms with Crippen molar-refractivity contribution >= 4 is 5.69 Å². The molecule has 21 heavy (non-hydrogen) atoms. The fourth-order valence-electron chi connectivity index (χ4n) is 2.19. The van der Waals surface area contributed by atoms with E-state index in [9.17, 15) is 13.2 Å². The molecule has 2 nitrogen and oxygen atoms in total. The molecule has 1 aromatic carbocycles. The molecule has 2 rings (SSSR count). The summed E-state index contributed by atoms with van der Waals surface area (Å²) in [5.41, 5.74) is 0.127. The van der Waals surface area contributed by atoms with Crippen LogP contribution in [0.3, 0.4) is 0 Å². The zero-order chi connectivity index (χ0) is 15.5. The number of anilines is 1. The number of hydrogen-bond donors (Lipinski definition) is 1. The number of benzene rings is 1. The molecule has 0 amide bonds. The van der Waals surface area contributed by atoms with Crippen molar-refractivity contribution in [3.63, 3.8) is 0 Å². The average Bonchev–Trinajstić information content (AvgIpc) is 2.90. The molecule has 0 fully saturated rings. The second-order valence-electron chi connectivity index (χ2n) is 5.19. The zero-order valence-electron chi connectivity index (χ0n) is 12.0. The molecule has 1 aromatic heterocycles. The summed E-state index contributed by atoms with van der Waals surface area (Å²) in [5, 5.41) is 3.10. The van der Waals surface area contributed by atoms with Crippen LogP contribution in [0, 0.1) is 6.92 Å². The van der Waals surface area contributed by atoms with Crippen LogP contribution in [0.2, 0.25) is 0 Å². The molecule has 0 saturated heterocycles. The van der Waals surface area contributed by atoms with Crippen molar-refractivity contribution in [1.82, 2.24) is 0 Å². The van der Waals surface area contributed by atoms with E-state index in [1.165, 1.54) is 19.1 Å².